The molecule has 1 unspecified atom stereocenters. The fourth-order valence-electron chi connectivity index (χ4n) is 3.21. The lowest BCUT2D eigenvalue weighted by molar-refractivity contribution is -0.137. The summed E-state index contributed by atoms with van der Waals surface area (Å²) in [7, 11) is -1.94. The number of alkyl halides is 3. The third kappa shape index (κ3) is 5.08. The van der Waals surface area contributed by atoms with Crippen LogP contribution in [0.2, 0.25) is 0 Å². The van der Waals surface area contributed by atoms with Crippen molar-refractivity contribution in [1.82, 2.24) is 9.88 Å². The van der Waals surface area contributed by atoms with E-state index in [-0.39, 0.29) is 27.7 Å². The predicted molar refractivity (Wildman–Crippen MR) is 117 cm³/mol. The number of nitrogens with one attached hydrogen (secondary N) is 1. The minimum Gasteiger partial charge on any atom is -0.395 e. The molecule has 11 heteroatoms. The van der Waals surface area contributed by atoms with Crippen molar-refractivity contribution in [3.8, 4) is 11.8 Å². The van der Waals surface area contributed by atoms with Gasteiger partial charge in [0.25, 0.3) is 11.5 Å². The summed E-state index contributed by atoms with van der Waals surface area (Å²) in [4.78, 5) is 26.0. The Morgan fingerprint density at radius 2 is 1.85 bits per heavy atom. The zero-order valence-corrected chi connectivity index (χ0v) is 18.5. The van der Waals surface area contributed by atoms with Crippen LogP contribution in [0.4, 0.5) is 13.2 Å². The fourth-order valence-corrected chi connectivity index (χ4v) is 4.43. The van der Waals surface area contributed by atoms with Gasteiger partial charge in [-0.1, -0.05) is 6.07 Å². The molecule has 1 amide bonds. The van der Waals surface area contributed by atoms with Gasteiger partial charge in [0.1, 0.15) is 5.56 Å². The predicted octanol–water partition coefficient (Wildman–Crippen LogP) is 2.93. The van der Waals surface area contributed by atoms with Crippen molar-refractivity contribution in [2.24, 2.45) is 0 Å². The van der Waals surface area contributed by atoms with Gasteiger partial charge in [-0.15, -0.1) is 0 Å². The van der Waals surface area contributed by atoms with Crippen LogP contribution in [0.25, 0.3) is 5.69 Å². The lowest BCUT2D eigenvalue weighted by Crippen LogP contribution is -2.35. The number of carbonyl (C=O) groups excluding carboxylic acids is 1. The van der Waals surface area contributed by atoms with Crippen molar-refractivity contribution in [2.75, 3.05) is 13.2 Å². The molecule has 1 heterocycles. The number of rotatable bonds is 6. The number of hydrogen-bond donors (Lipinski definition) is 2. The Balaban J connectivity index is 2.26. The third-order valence-electron chi connectivity index (χ3n) is 4.87. The van der Waals surface area contributed by atoms with Crippen LogP contribution in [0, 0.1) is 18.3 Å². The number of nitrogens with zero attached hydrogens (tertiary/aromatic N) is 2. The highest BCUT2D eigenvalue weighted by Gasteiger charge is 2.31. The number of carbonyl (C=O) groups is 1. The van der Waals surface area contributed by atoms with Crippen LogP contribution >= 0.6 is 0 Å². The van der Waals surface area contributed by atoms with Gasteiger partial charge in [0.2, 0.25) is 0 Å². The number of aliphatic hydroxyl groups excluding tert-OH is 1. The van der Waals surface area contributed by atoms with E-state index in [1.165, 1.54) is 37.3 Å². The number of hydrogen-bond acceptors (Lipinski definition) is 5. The van der Waals surface area contributed by atoms with Gasteiger partial charge in [-0.2, -0.15) is 18.4 Å². The second kappa shape index (κ2) is 10.0. The van der Waals surface area contributed by atoms with Crippen molar-refractivity contribution >= 4 is 16.7 Å². The molecule has 0 saturated carbocycles. The second-order valence-corrected chi connectivity index (χ2v) is 8.53. The molecule has 0 radical (unpaired) electrons. The van der Waals surface area contributed by atoms with Gasteiger partial charge < -0.3 is 10.4 Å². The Labute approximate surface area is 194 Å². The maximum absolute atomic E-state index is 13.3. The molecule has 2 N–H and O–H groups in total. The molecule has 3 rings (SSSR count). The highest BCUT2D eigenvalue weighted by atomic mass is 32.2. The zero-order valence-electron chi connectivity index (χ0n) is 17.7. The van der Waals surface area contributed by atoms with Crippen LogP contribution < -0.4 is 10.9 Å². The largest absolute Gasteiger partial charge is 0.416 e. The summed E-state index contributed by atoms with van der Waals surface area (Å²) in [5.74, 6) is -0.877. The minimum absolute atomic E-state index is 0.0240. The first-order valence-electron chi connectivity index (χ1n) is 9.83. The Morgan fingerprint density at radius 1 is 1.18 bits per heavy atom. The Bertz CT molecular complexity index is 1360. The highest BCUT2D eigenvalue weighted by molar-refractivity contribution is 7.85. The SMILES string of the molecule is Cc1c(S(=O)c2ccc(C#N)cc2)cc(C(=O)NCCO)c(=O)n1-c1cccc(C(F)(F)F)c1. The van der Waals surface area contributed by atoms with Crippen LogP contribution in [0.1, 0.15) is 27.2 Å². The summed E-state index contributed by atoms with van der Waals surface area (Å²) < 4.78 is 54.1. The van der Waals surface area contributed by atoms with E-state index < -0.39 is 46.2 Å². The number of aliphatic hydroxyl groups is 1. The van der Waals surface area contributed by atoms with Crippen molar-refractivity contribution in [3.05, 3.63) is 87.3 Å². The van der Waals surface area contributed by atoms with Crippen molar-refractivity contribution in [2.45, 2.75) is 22.9 Å². The number of amides is 1. The second-order valence-electron chi connectivity index (χ2n) is 7.08. The summed E-state index contributed by atoms with van der Waals surface area (Å²) in [5.41, 5.74) is -2.11. The Morgan fingerprint density at radius 3 is 2.44 bits per heavy atom. The van der Waals surface area contributed by atoms with Gasteiger partial charge in [-0.05, 0) is 55.5 Å². The zero-order chi connectivity index (χ0) is 25.0. The van der Waals surface area contributed by atoms with Gasteiger partial charge >= 0.3 is 6.18 Å². The van der Waals surface area contributed by atoms with E-state index >= 15 is 0 Å². The normalized spacial score (nSPS) is 12.1. The molecule has 0 fully saturated rings. The van der Waals surface area contributed by atoms with Gasteiger partial charge in [0, 0.05) is 22.8 Å². The molecule has 1 atom stereocenters. The average molecular weight is 489 g/mol. The number of benzene rings is 2. The Hall–Kier alpha value is -3.75. The molecule has 0 saturated heterocycles. The van der Waals surface area contributed by atoms with E-state index in [4.69, 9.17) is 10.4 Å². The van der Waals surface area contributed by atoms with Crippen LogP contribution in [-0.4, -0.2) is 32.9 Å². The standard InChI is InChI=1S/C23H18F3N3O4S/c1-14-20(34(33)18-7-5-15(13-27)6-8-18)12-19(21(31)28-9-10-30)22(32)29(14)17-4-2-3-16(11-17)23(24,25)26/h2-8,11-12,30H,9-10H2,1H3,(H,28,31). The molecule has 0 aliphatic carbocycles. The third-order valence-corrected chi connectivity index (χ3v) is 6.38. The van der Waals surface area contributed by atoms with E-state index in [1.807, 2.05) is 6.07 Å². The summed E-state index contributed by atoms with van der Waals surface area (Å²) in [6, 6.07) is 12.8. The van der Waals surface area contributed by atoms with Gasteiger partial charge in [0.05, 0.1) is 39.5 Å². The first-order valence-corrected chi connectivity index (χ1v) is 11.0. The first kappa shape index (κ1) is 24.9. The maximum atomic E-state index is 13.3. The quantitative estimate of drug-likeness (QED) is 0.553. The summed E-state index contributed by atoms with van der Waals surface area (Å²) in [6.07, 6.45) is -4.67. The lowest BCUT2D eigenvalue weighted by atomic mass is 10.1. The van der Waals surface area contributed by atoms with E-state index in [2.05, 4.69) is 5.32 Å². The highest BCUT2D eigenvalue weighted by Crippen LogP contribution is 2.31. The van der Waals surface area contributed by atoms with E-state index in [9.17, 15) is 27.0 Å². The number of nitriles is 1. The first-order chi connectivity index (χ1) is 16.1. The average Bonchev–Trinajstić information content (AvgIpc) is 2.82. The van der Waals surface area contributed by atoms with E-state index in [0.29, 0.717) is 5.56 Å². The molecule has 34 heavy (non-hydrogen) atoms. The smallest absolute Gasteiger partial charge is 0.395 e. The summed E-state index contributed by atoms with van der Waals surface area (Å²) in [6.45, 7) is 0.848. The van der Waals surface area contributed by atoms with E-state index in [1.54, 1.807) is 0 Å². The molecule has 0 aliphatic rings. The molecule has 3 aromatic rings. The maximum Gasteiger partial charge on any atom is 0.416 e. The van der Waals surface area contributed by atoms with Crippen molar-refractivity contribution in [1.29, 1.82) is 5.26 Å². The Kier molecular flexibility index (Phi) is 7.34. The van der Waals surface area contributed by atoms with Crippen molar-refractivity contribution < 1.29 is 27.3 Å². The van der Waals surface area contributed by atoms with Crippen LogP contribution in [0.15, 0.2) is 69.2 Å². The summed E-state index contributed by atoms with van der Waals surface area (Å²) in [5, 5.41) is 20.3. The minimum atomic E-state index is -4.67. The van der Waals surface area contributed by atoms with Gasteiger partial charge in [-0.3, -0.25) is 14.2 Å². The molecule has 0 spiro atoms. The fraction of sp³-hybridized carbons (Fsp3) is 0.174. The van der Waals surface area contributed by atoms with Crippen LogP contribution in [-0.2, 0) is 17.0 Å². The van der Waals surface area contributed by atoms with Crippen LogP contribution in [0.5, 0.6) is 0 Å². The molecular weight excluding hydrogens is 471 g/mol. The molecule has 0 aliphatic heterocycles. The topological polar surface area (TPSA) is 112 Å². The van der Waals surface area contributed by atoms with Crippen molar-refractivity contribution in [3.63, 3.8) is 0 Å². The number of halogens is 3. The van der Waals surface area contributed by atoms with Gasteiger partial charge in [-0.25, -0.2) is 4.21 Å². The monoisotopic (exact) mass is 489 g/mol. The molecule has 176 valence electrons. The molecule has 7 nitrogen and oxygen atoms in total. The molecule has 1 aromatic heterocycles. The molecular formula is C23H18F3N3O4S. The van der Waals surface area contributed by atoms with E-state index in [0.717, 1.165) is 28.8 Å². The lowest BCUT2D eigenvalue weighted by Gasteiger charge is -2.17. The van der Waals surface area contributed by atoms with Gasteiger partial charge in [0.15, 0.2) is 0 Å². The molecule has 0 bridgehead atoms. The number of aromatic nitrogens is 1. The van der Waals surface area contributed by atoms with Crippen LogP contribution in [0.3, 0.4) is 0 Å². The number of pyridine rings is 1. The summed E-state index contributed by atoms with van der Waals surface area (Å²) >= 11 is 0. The molecule has 2 aromatic carbocycles.